The Bertz CT molecular complexity index is 453. The van der Waals surface area contributed by atoms with Crippen molar-refractivity contribution in [2.24, 2.45) is 0 Å². The lowest BCUT2D eigenvalue weighted by atomic mass is 9.98. The number of hydrogen-bond donors (Lipinski definition) is 0. The largest absolute Gasteiger partial charge is 0.331 e. The minimum absolute atomic E-state index is 0.0318. The molecule has 1 amide bonds. The SMILES string of the molecule is C=CC(=O)N1CCN(Cc2ccccc2)CC1(C)C. The zero-order chi connectivity index (χ0) is 13.9. The smallest absolute Gasteiger partial charge is 0.246 e. The van der Waals surface area contributed by atoms with Gasteiger partial charge in [0.1, 0.15) is 0 Å². The average Bonchev–Trinajstić information content (AvgIpc) is 2.38. The van der Waals surface area contributed by atoms with Crippen LogP contribution < -0.4 is 0 Å². The molecule has 1 aliphatic heterocycles. The Balaban J connectivity index is 2.02. The molecule has 1 fully saturated rings. The van der Waals surface area contributed by atoms with Crippen LogP contribution in [0.25, 0.3) is 0 Å². The lowest BCUT2D eigenvalue weighted by molar-refractivity contribution is -0.135. The molecule has 0 aromatic heterocycles. The van der Waals surface area contributed by atoms with Gasteiger partial charge in [-0.2, -0.15) is 0 Å². The summed E-state index contributed by atoms with van der Waals surface area (Å²) in [5.74, 6) is 0.0318. The summed E-state index contributed by atoms with van der Waals surface area (Å²) in [7, 11) is 0. The van der Waals surface area contributed by atoms with Crippen LogP contribution in [0.1, 0.15) is 19.4 Å². The third kappa shape index (κ3) is 3.24. The van der Waals surface area contributed by atoms with Crippen molar-refractivity contribution in [2.45, 2.75) is 25.9 Å². The fourth-order valence-corrected chi connectivity index (χ4v) is 2.75. The summed E-state index contributed by atoms with van der Waals surface area (Å²) < 4.78 is 0. The first-order chi connectivity index (χ1) is 9.03. The molecule has 0 N–H and O–H groups in total. The normalized spacial score (nSPS) is 19.2. The van der Waals surface area contributed by atoms with E-state index in [1.807, 2.05) is 11.0 Å². The molecule has 2 rings (SSSR count). The Labute approximate surface area is 115 Å². The summed E-state index contributed by atoms with van der Waals surface area (Å²) in [5, 5.41) is 0. The highest BCUT2D eigenvalue weighted by molar-refractivity contribution is 5.87. The van der Waals surface area contributed by atoms with Gasteiger partial charge in [-0.25, -0.2) is 0 Å². The number of carbonyl (C=O) groups excluding carboxylic acids is 1. The monoisotopic (exact) mass is 258 g/mol. The van der Waals surface area contributed by atoms with Gasteiger partial charge in [-0.3, -0.25) is 9.69 Å². The van der Waals surface area contributed by atoms with Crippen LogP contribution in [-0.2, 0) is 11.3 Å². The standard InChI is InChI=1S/C16H22N2O/c1-4-15(19)18-11-10-17(13-16(18,2)3)12-14-8-6-5-7-9-14/h4-9H,1,10-13H2,2-3H3. The summed E-state index contributed by atoms with van der Waals surface area (Å²) in [4.78, 5) is 16.2. The highest BCUT2D eigenvalue weighted by atomic mass is 16.2. The predicted octanol–water partition coefficient (Wildman–Crippen LogP) is 2.30. The van der Waals surface area contributed by atoms with E-state index in [0.717, 1.165) is 26.2 Å². The molecule has 0 spiro atoms. The molecule has 0 saturated carbocycles. The van der Waals surface area contributed by atoms with E-state index < -0.39 is 0 Å². The van der Waals surface area contributed by atoms with Crippen LogP contribution in [-0.4, -0.2) is 40.9 Å². The van der Waals surface area contributed by atoms with Gasteiger partial charge in [0, 0.05) is 26.2 Å². The molecule has 19 heavy (non-hydrogen) atoms. The molecule has 0 radical (unpaired) electrons. The molecule has 1 aromatic rings. The molecule has 0 atom stereocenters. The fourth-order valence-electron chi connectivity index (χ4n) is 2.75. The van der Waals surface area contributed by atoms with Gasteiger partial charge in [0.15, 0.2) is 0 Å². The van der Waals surface area contributed by atoms with Crippen LogP contribution in [0.3, 0.4) is 0 Å². The van der Waals surface area contributed by atoms with Gasteiger partial charge in [-0.1, -0.05) is 36.9 Å². The van der Waals surface area contributed by atoms with Crippen LogP contribution in [0.4, 0.5) is 0 Å². The second-order valence-corrected chi connectivity index (χ2v) is 5.70. The van der Waals surface area contributed by atoms with Crippen molar-refractivity contribution in [2.75, 3.05) is 19.6 Å². The highest BCUT2D eigenvalue weighted by Gasteiger charge is 2.35. The summed E-state index contributed by atoms with van der Waals surface area (Å²) in [5.41, 5.74) is 1.18. The van der Waals surface area contributed by atoms with Gasteiger partial charge in [-0.15, -0.1) is 0 Å². The topological polar surface area (TPSA) is 23.6 Å². The van der Waals surface area contributed by atoms with Crippen molar-refractivity contribution < 1.29 is 4.79 Å². The lowest BCUT2D eigenvalue weighted by Gasteiger charge is -2.46. The second-order valence-electron chi connectivity index (χ2n) is 5.70. The molecule has 0 bridgehead atoms. The molecule has 3 heteroatoms. The van der Waals surface area contributed by atoms with Crippen molar-refractivity contribution in [1.82, 2.24) is 9.80 Å². The third-order valence-corrected chi connectivity index (χ3v) is 3.67. The van der Waals surface area contributed by atoms with E-state index in [0.29, 0.717) is 0 Å². The van der Waals surface area contributed by atoms with Gasteiger partial charge in [0.05, 0.1) is 5.54 Å². The maximum absolute atomic E-state index is 11.8. The van der Waals surface area contributed by atoms with Gasteiger partial charge in [-0.05, 0) is 25.5 Å². The van der Waals surface area contributed by atoms with E-state index in [9.17, 15) is 4.79 Å². The fraction of sp³-hybridized carbons (Fsp3) is 0.438. The van der Waals surface area contributed by atoms with Crippen molar-refractivity contribution in [3.05, 3.63) is 48.6 Å². The molecule has 1 saturated heterocycles. The Morgan fingerprint density at radius 1 is 1.32 bits per heavy atom. The zero-order valence-corrected chi connectivity index (χ0v) is 11.8. The zero-order valence-electron chi connectivity index (χ0n) is 11.8. The van der Waals surface area contributed by atoms with Gasteiger partial charge < -0.3 is 4.90 Å². The Morgan fingerprint density at radius 2 is 2.00 bits per heavy atom. The molecule has 1 aromatic carbocycles. The summed E-state index contributed by atoms with van der Waals surface area (Å²) in [6.07, 6.45) is 1.41. The highest BCUT2D eigenvalue weighted by Crippen LogP contribution is 2.22. The van der Waals surface area contributed by atoms with E-state index in [4.69, 9.17) is 0 Å². The molecule has 102 valence electrons. The number of nitrogens with zero attached hydrogens (tertiary/aromatic N) is 2. The molecule has 1 heterocycles. The Morgan fingerprint density at radius 3 is 2.58 bits per heavy atom. The first-order valence-electron chi connectivity index (χ1n) is 6.73. The van der Waals surface area contributed by atoms with Crippen LogP contribution in [0.5, 0.6) is 0 Å². The molecular weight excluding hydrogens is 236 g/mol. The van der Waals surface area contributed by atoms with Crippen LogP contribution >= 0.6 is 0 Å². The summed E-state index contributed by atoms with van der Waals surface area (Å²) >= 11 is 0. The molecule has 1 aliphatic rings. The summed E-state index contributed by atoms with van der Waals surface area (Å²) in [6.45, 7) is 11.3. The maximum Gasteiger partial charge on any atom is 0.246 e. The molecule has 3 nitrogen and oxygen atoms in total. The maximum atomic E-state index is 11.8. The first-order valence-corrected chi connectivity index (χ1v) is 6.73. The summed E-state index contributed by atoms with van der Waals surface area (Å²) in [6, 6.07) is 10.5. The van der Waals surface area contributed by atoms with Crippen molar-refractivity contribution >= 4 is 5.91 Å². The van der Waals surface area contributed by atoms with Crippen LogP contribution in [0.2, 0.25) is 0 Å². The second kappa shape index (κ2) is 5.57. The number of amides is 1. The minimum atomic E-state index is -0.141. The molecule has 0 unspecified atom stereocenters. The predicted molar refractivity (Wildman–Crippen MR) is 77.7 cm³/mol. The lowest BCUT2D eigenvalue weighted by Crippen LogP contribution is -2.60. The molecule has 0 aliphatic carbocycles. The van der Waals surface area contributed by atoms with Gasteiger partial charge in [0.25, 0.3) is 0 Å². The van der Waals surface area contributed by atoms with E-state index in [1.165, 1.54) is 11.6 Å². The van der Waals surface area contributed by atoms with Crippen molar-refractivity contribution in [1.29, 1.82) is 0 Å². The van der Waals surface area contributed by atoms with Crippen LogP contribution in [0.15, 0.2) is 43.0 Å². The van der Waals surface area contributed by atoms with Gasteiger partial charge >= 0.3 is 0 Å². The van der Waals surface area contributed by atoms with Crippen molar-refractivity contribution in [3.8, 4) is 0 Å². The van der Waals surface area contributed by atoms with Gasteiger partial charge in [0.2, 0.25) is 5.91 Å². The number of carbonyl (C=O) groups is 1. The van der Waals surface area contributed by atoms with E-state index in [1.54, 1.807) is 0 Å². The Kier molecular flexibility index (Phi) is 4.05. The number of hydrogen-bond acceptors (Lipinski definition) is 2. The van der Waals surface area contributed by atoms with Crippen LogP contribution in [0, 0.1) is 0 Å². The number of rotatable bonds is 3. The quantitative estimate of drug-likeness (QED) is 0.777. The number of piperazine rings is 1. The van der Waals surface area contributed by atoms with E-state index in [-0.39, 0.29) is 11.4 Å². The minimum Gasteiger partial charge on any atom is -0.331 e. The molecular formula is C16H22N2O. The van der Waals surface area contributed by atoms with E-state index in [2.05, 4.69) is 49.6 Å². The number of benzene rings is 1. The van der Waals surface area contributed by atoms with E-state index >= 15 is 0 Å². The average molecular weight is 258 g/mol. The first kappa shape index (κ1) is 13.8. The third-order valence-electron chi connectivity index (χ3n) is 3.67. The Hall–Kier alpha value is -1.61. The van der Waals surface area contributed by atoms with Crippen molar-refractivity contribution in [3.63, 3.8) is 0 Å².